The number of fused-ring (bicyclic) bond motifs is 1. The SMILES string of the molecule is Cc1ccc(C)c(-c2cc(C(C)(F)F)c(N[C@H]3C[C@@H]4CN(C[C@H]5COCCO5)C[C@@H]4C3)nn2)c1. The molecule has 1 saturated carbocycles. The fourth-order valence-electron chi connectivity index (χ4n) is 5.76. The third kappa shape index (κ3) is 5.09. The standard InChI is InChI=1S/C26H34F2N4O2/c1-16-4-5-17(2)22(8-16)24-11-23(26(3,27)28)25(31-30-24)29-20-9-18-12-32(13-19(18)10-20)14-21-15-33-6-7-34-21/h4-5,8,11,18-21H,6-7,9-10,12-15H2,1-3H3,(H,29,31)/t18-,19+,20+,21-/m0/s1. The molecule has 1 N–H and O–H groups in total. The van der Waals surface area contributed by atoms with Crippen molar-refractivity contribution in [2.24, 2.45) is 11.8 Å². The minimum absolute atomic E-state index is 0.0912. The van der Waals surface area contributed by atoms with E-state index in [-0.39, 0.29) is 23.5 Å². The lowest BCUT2D eigenvalue weighted by Crippen LogP contribution is -2.39. The zero-order chi connectivity index (χ0) is 23.9. The Morgan fingerprint density at radius 1 is 1.09 bits per heavy atom. The van der Waals surface area contributed by atoms with E-state index in [1.807, 2.05) is 32.0 Å². The summed E-state index contributed by atoms with van der Waals surface area (Å²) in [7, 11) is 0. The zero-order valence-corrected chi connectivity index (χ0v) is 20.2. The first-order valence-corrected chi connectivity index (χ1v) is 12.3. The van der Waals surface area contributed by atoms with Crippen LogP contribution in [0.1, 0.15) is 36.5 Å². The summed E-state index contributed by atoms with van der Waals surface area (Å²) < 4.78 is 40.6. The molecule has 0 unspecified atom stereocenters. The van der Waals surface area contributed by atoms with Gasteiger partial charge in [-0.05, 0) is 56.2 Å². The molecule has 2 aliphatic heterocycles. The van der Waals surface area contributed by atoms with Gasteiger partial charge in [0.25, 0.3) is 5.92 Å². The van der Waals surface area contributed by atoms with E-state index in [1.165, 1.54) is 6.07 Å². The molecule has 0 bridgehead atoms. The van der Waals surface area contributed by atoms with Crippen LogP contribution in [-0.4, -0.2) is 66.7 Å². The second-order valence-corrected chi connectivity index (χ2v) is 10.3. The Morgan fingerprint density at radius 3 is 2.53 bits per heavy atom. The maximum absolute atomic E-state index is 14.6. The van der Waals surface area contributed by atoms with E-state index < -0.39 is 5.92 Å². The first-order valence-electron chi connectivity index (χ1n) is 12.3. The maximum Gasteiger partial charge on any atom is 0.274 e. The lowest BCUT2D eigenvalue weighted by Gasteiger charge is -2.28. The van der Waals surface area contributed by atoms with Crippen LogP contribution >= 0.6 is 0 Å². The topological polar surface area (TPSA) is 59.5 Å². The predicted octanol–water partition coefficient (Wildman–Crippen LogP) is 4.41. The summed E-state index contributed by atoms with van der Waals surface area (Å²) in [5.41, 5.74) is 3.28. The zero-order valence-electron chi connectivity index (χ0n) is 20.2. The number of alkyl halides is 2. The van der Waals surface area contributed by atoms with E-state index >= 15 is 0 Å². The van der Waals surface area contributed by atoms with Crippen LogP contribution in [0, 0.1) is 25.7 Å². The van der Waals surface area contributed by atoms with E-state index in [0.717, 1.165) is 56.1 Å². The molecule has 0 radical (unpaired) electrons. The highest BCUT2D eigenvalue weighted by Gasteiger charge is 2.42. The van der Waals surface area contributed by atoms with Crippen LogP contribution < -0.4 is 5.32 Å². The highest BCUT2D eigenvalue weighted by Crippen LogP contribution is 2.41. The average Bonchev–Trinajstić information content (AvgIpc) is 3.33. The Bertz CT molecular complexity index is 1010. The lowest BCUT2D eigenvalue weighted by molar-refractivity contribution is -0.0964. The molecule has 3 fully saturated rings. The predicted molar refractivity (Wildman–Crippen MR) is 127 cm³/mol. The monoisotopic (exact) mass is 472 g/mol. The molecule has 1 aromatic carbocycles. The van der Waals surface area contributed by atoms with E-state index in [4.69, 9.17) is 9.47 Å². The molecule has 8 heteroatoms. The Kier molecular flexibility index (Phi) is 6.57. The fraction of sp³-hybridized carbons (Fsp3) is 0.615. The summed E-state index contributed by atoms with van der Waals surface area (Å²) in [5.74, 6) is -1.68. The van der Waals surface area contributed by atoms with E-state index in [2.05, 4.69) is 20.4 Å². The van der Waals surface area contributed by atoms with E-state index in [0.29, 0.717) is 37.4 Å². The molecule has 34 heavy (non-hydrogen) atoms. The number of aromatic nitrogens is 2. The van der Waals surface area contributed by atoms with Gasteiger partial charge in [-0.2, -0.15) is 0 Å². The Morgan fingerprint density at radius 2 is 1.85 bits per heavy atom. The van der Waals surface area contributed by atoms with Crippen molar-refractivity contribution in [1.29, 1.82) is 0 Å². The van der Waals surface area contributed by atoms with Gasteiger partial charge in [-0.25, -0.2) is 8.78 Å². The van der Waals surface area contributed by atoms with Gasteiger partial charge in [-0.3, -0.25) is 0 Å². The van der Waals surface area contributed by atoms with Crippen LogP contribution in [0.3, 0.4) is 0 Å². The van der Waals surface area contributed by atoms with Crippen LogP contribution in [0.15, 0.2) is 24.3 Å². The van der Waals surface area contributed by atoms with Crippen LogP contribution in [0.5, 0.6) is 0 Å². The highest BCUT2D eigenvalue weighted by atomic mass is 19.3. The third-order valence-electron chi connectivity index (χ3n) is 7.45. The van der Waals surface area contributed by atoms with Crippen LogP contribution in [-0.2, 0) is 15.4 Å². The first kappa shape index (κ1) is 23.6. The molecule has 184 valence electrons. The molecule has 1 aromatic heterocycles. The number of halogens is 2. The molecule has 1 aliphatic carbocycles. The van der Waals surface area contributed by atoms with Gasteiger partial charge in [-0.1, -0.05) is 17.7 Å². The van der Waals surface area contributed by atoms with Crippen LogP contribution in [0.25, 0.3) is 11.3 Å². The Labute approximate surface area is 200 Å². The van der Waals surface area contributed by atoms with E-state index in [1.54, 1.807) is 0 Å². The van der Waals surface area contributed by atoms with Gasteiger partial charge in [0.15, 0.2) is 5.82 Å². The Hall–Kier alpha value is -2.16. The quantitative estimate of drug-likeness (QED) is 0.672. The second-order valence-electron chi connectivity index (χ2n) is 10.3. The third-order valence-corrected chi connectivity index (χ3v) is 7.45. The second kappa shape index (κ2) is 9.47. The van der Waals surface area contributed by atoms with Crippen LogP contribution in [0.2, 0.25) is 0 Å². The molecule has 6 nitrogen and oxygen atoms in total. The van der Waals surface area contributed by atoms with Crippen molar-refractivity contribution in [3.8, 4) is 11.3 Å². The van der Waals surface area contributed by atoms with Crippen molar-refractivity contribution in [2.75, 3.05) is 44.8 Å². The Balaban J connectivity index is 1.26. The van der Waals surface area contributed by atoms with E-state index in [9.17, 15) is 8.78 Å². The number of aryl methyl sites for hydroxylation is 2. The number of ether oxygens (including phenoxy) is 2. The molecule has 3 aliphatic rings. The molecule has 2 saturated heterocycles. The number of anilines is 1. The van der Waals surface area contributed by atoms with Gasteiger partial charge >= 0.3 is 0 Å². The summed E-state index contributed by atoms with van der Waals surface area (Å²) in [6.07, 6.45) is 2.07. The summed E-state index contributed by atoms with van der Waals surface area (Å²) in [5, 5.41) is 11.9. The lowest BCUT2D eigenvalue weighted by atomic mass is 10.0. The molecule has 0 amide bonds. The number of hydrogen-bond acceptors (Lipinski definition) is 6. The summed E-state index contributed by atoms with van der Waals surface area (Å²) in [6, 6.07) is 7.59. The summed E-state index contributed by atoms with van der Waals surface area (Å²) >= 11 is 0. The molecule has 0 spiro atoms. The van der Waals surface area contributed by atoms with Crippen molar-refractivity contribution in [2.45, 2.75) is 51.7 Å². The maximum atomic E-state index is 14.6. The number of likely N-dealkylation sites (tertiary alicyclic amines) is 1. The molecular weight excluding hydrogens is 438 g/mol. The molecule has 3 heterocycles. The molecule has 2 aromatic rings. The highest BCUT2D eigenvalue weighted by molar-refractivity contribution is 5.66. The molecule has 4 atom stereocenters. The molecule has 5 rings (SSSR count). The van der Waals surface area contributed by atoms with Gasteiger partial charge in [0, 0.05) is 38.2 Å². The minimum Gasteiger partial charge on any atom is -0.376 e. The number of benzene rings is 1. The van der Waals surface area contributed by atoms with Crippen molar-refractivity contribution < 1.29 is 18.3 Å². The number of nitrogens with one attached hydrogen (secondary N) is 1. The number of nitrogens with zero attached hydrogens (tertiary/aromatic N) is 3. The smallest absolute Gasteiger partial charge is 0.274 e. The van der Waals surface area contributed by atoms with Crippen molar-refractivity contribution in [1.82, 2.24) is 15.1 Å². The van der Waals surface area contributed by atoms with Gasteiger partial charge in [0.05, 0.1) is 37.2 Å². The number of hydrogen-bond donors (Lipinski definition) is 1. The summed E-state index contributed by atoms with van der Waals surface area (Å²) in [6.45, 7) is 9.85. The van der Waals surface area contributed by atoms with Crippen molar-refractivity contribution in [3.63, 3.8) is 0 Å². The van der Waals surface area contributed by atoms with Gasteiger partial charge in [0.1, 0.15) is 0 Å². The largest absolute Gasteiger partial charge is 0.376 e. The van der Waals surface area contributed by atoms with Crippen LogP contribution in [0.4, 0.5) is 14.6 Å². The average molecular weight is 473 g/mol. The van der Waals surface area contributed by atoms with Gasteiger partial charge < -0.3 is 19.7 Å². The van der Waals surface area contributed by atoms with Gasteiger partial charge in [-0.15, -0.1) is 10.2 Å². The van der Waals surface area contributed by atoms with Crippen molar-refractivity contribution >= 4 is 5.82 Å². The normalized spacial score (nSPS) is 27.7. The molecular formula is C26H34F2N4O2. The summed E-state index contributed by atoms with van der Waals surface area (Å²) in [4.78, 5) is 2.47. The minimum atomic E-state index is -3.02. The van der Waals surface area contributed by atoms with Gasteiger partial charge in [0.2, 0.25) is 0 Å². The number of rotatable bonds is 6. The first-order chi connectivity index (χ1) is 16.3. The fourth-order valence-corrected chi connectivity index (χ4v) is 5.76. The van der Waals surface area contributed by atoms with Crippen molar-refractivity contribution in [3.05, 3.63) is 41.0 Å².